The number of thiophene rings is 1. The third-order valence-corrected chi connectivity index (χ3v) is 3.12. The molecule has 1 aromatic heterocycles. The quantitative estimate of drug-likeness (QED) is 0.796. The minimum Gasteiger partial charge on any atom is -0.368 e. The fourth-order valence-corrected chi connectivity index (χ4v) is 2.34. The Labute approximate surface area is 93.5 Å². The van der Waals surface area contributed by atoms with Gasteiger partial charge in [0.15, 0.2) is 0 Å². The van der Waals surface area contributed by atoms with Gasteiger partial charge in [-0.2, -0.15) is 5.26 Å². The van der Waals surface area contributed by atoms with Gasteiger partial charge in [-0.15, -0.1) is 23.7 Å². The van der Waals surface area contributed by atoms with Gasteiger partial charge in [0.1, 0.15) is 10.9 Å². The summed E-state index contributed by atoms with van der Waals surface area (Å²) in [6.45, 7) is 1.86. The molecule has 0 unspecified atom stereocenters. The van der Waals surface area contributed by atoms with Crippen LogP contribution in [0.3, 0.4) is 0 Å². The molecule has 0 aromatic carbocycles. The van der Waals surface area contributed by atoms with Gasteiger partial charge >= 0.3 is 0 Å². The van der Waals surface area contributed by atoms with Crippen LogP contribution in [0.5, 0.6) is 0 Å². The molecule has 1 aliphatic rings. The van der Waals surface area contributed by atoms with E-state index in [0.29, 0.717) is 0 Å². The topological polar surface area (TPSA) is 53.0 Å². The molecule has 0 radical (unpaired) electrons. The van der Waals surface area contributed by atoms with Gasteiger partial charge in [0, 0.05) is 19.1 Å². The molecule has 1 fully saturated rings. The van der Waals surface area contributed by atoms with Gasteiger partial charge in [0.25, 0.3) is 0 Å². The summed E-state index contributed by atoms with van der Waals surface area (Å²) in [4.78, 5) is 2.99. The molecule has 2 N–H and O–H groups in total. The zero-order valence-electron chi connectivity index (χ0n) is 7.64. The molecule has 0 amide bonds. The third-order valence-electron chi connectivity index (χ3n) is 2.31. The molecular formula is C9H12ClN3S. The number of rotatable bonds is 1. The van der Waals surface area contributed by atoms with Gasteiger partial charge < -0.3 is 10.6 Å². The van der Waals surface area contributed by atoms with E-state index >= 15 is 0 Å². The van der Waals surface area contributed by atoms with E-state index in [1.807, 2.05) is 11.4 Å². The standard InChI is InChI=1S/C9H11N3S.ClH/c10-5-9-8(2-4-13-9)12-3-1-7(11)6-12;/h2,4,7H,1,3,6,11H2;1H/t7-;/m0./s1. The van der Waals surface area contributed by atoms with Gasteiger partial charge in [-0.05, 0) is 17.9 Å². The number of nitriles is 1. The summed E-state index contributed by atoms with van der Waals surface area (Å²) in [6, 6.07) is 4.47. The van der Waals surface area contributed by atoms with Crippen molar-refractivity contribution in [1.29, 1.82) is 5.26 Å². The van der Waals surface area contributed by atoms with E-state index in [1.165, 1.54) is 11.3 Å². The minimum atomic E-state index is 0. The Bertz CT molecular complexity index is 344. The highest BCUT2D eigenvalue weighted by Crippen LogP contribution is 2.27. The lowest BCUT2D eigenvalue weighted by molar-refractivity contribution is 0.752. The Kier molecular flexibility index (Phi) is 3.76. The zero-order valence-corrected chi connectivity index (χ0v) is 9.27. The van der Waals surface area contributed by atoms with Crippen molar-refractivity contribution in [3.8, 4) is 6.07 Å². The highest BCUT2D eigenvalue weighted by molar-refractivity contribution is 7.11. The number of hydrogen-bond donors (Lipinski definition) is 1. The molecule has 2 rings (SSSR count). The van der Waals surface area contributed by atoms with Crippen LogP contribution in [0.1, 0.15) is 11.3 Å². The predicted molar refractivity (Wildman–Crippen MR) is 61.1 cm³/mol. The minimum absolute atomic E-state index is 0. The Morgan fingerprint density at radius 3 is 3.00 bits per heavy atom. The van der Waals surface area contributed by atoms with Crippen LogP contribution >= 0.6 is 23.7 Å². The van der Waals surface area contributed by atoms with E-state index < -0.39 is 0 Å². The molecule has 76 valence electrons. The van der Waals surface area contributed by atoms with Crippen LogP contribution in [0.25, 0.3) is 0 Å². The van der Waals surface area contributed by atoms with E-state index in [2.05, 4.69) is 11.0 Å². The van der Waals surface area contributed by atoms with Crippen molar-refractivity contribution in [3.63, 3.8) is 0 Å². The Hall–Kier alpha value is -0.760. The summed E-state index contributed by atoms with van der Waals surface area (Å²) in [5, 5.41) is 10.8. The normalized spacial score (nSPS) is 20.3. The second-order valence-electron chi connectivity index (χ2n) is 3.24. The molecule has 14 heavy (non-hydrogen) atoms. The van der Waals surface area contributed by atoms with Crippen molar-refractivity contribution >= 4 is 29.4 Å². The summed E-state index contributed by atoms with van der Waals surface area (Å²) < 4.78 is 0. The van der Waals surface area contributed by atoms with Crippen LogP contribution in [-0.4, -0.2) is 19.1 Å². The van der Waals surface area contributed by atoms with Crippen LogP contribution in [0.4, 0.5) is 5.69 Å². The maximum absolute atomic E-state index is 8.84. The first kappa shape index (κ1) is 11.3. The lowest BCUT2D eigenvalue weighted by Crippen LogP contribution is -2.26. The molecule has 1 atom stereocenters. The first-order valence-electron chi connectivity index (χ1n) is 4.29. The molecular weight excluding hydrogens is 218 g/mol. The fraction of sp³-hybridized carbons (Fsp3) is 0.444. The van der Waals surface area contributed by atoms with Crippen LogP contribution in [0.2, 0.25) is 0 Å². The van der Waals surface area contributed by atoms with Crippen molar-refractivity contribution in [1.82, 2.24) is 0 Å². The predicted octanol–water partition coefficient (Wildman–Crippen LogP) is 1.58. The van der Waals surface area contributed by atoms with Crippen molar-refractivity contribution in [2.45, 2.75) is 12.5 Å². The zero-order chi connectivity index (χ0) is 9.26. The summed E-state index contributed by atoms with van der Waals surface area (Å²) in [6.07, 6.45) is 1.03. The Morgan fingerprint density at radius 2 is 2.43 bits per heavy atom. The first-order chi connectivity index (χ1) is 6.31. The molecule has 5 heteroatoms. The van der Waals surface area contributed by atoms with Crippen LogP contribution < -0.4 is 10.6 Å². The fourth-order valence-electron chi connectivity index (χ4n) is 1.64. The number of halogens is 1. The highest BCUT2D eigenvalue weighted by Gasteiger charge is 2.21. The summed E-state index contributed by atoms with van der Waals surface area (Å²) in [5.41, 5.74) is 6.86. The number of nitrogens with zero attached hydrogens (tertiary/aromatic N) is 2. The highest BCUT2D eigenvalue weighted by atomic mass is 35.5. The lowest BCUT2D eigenvalue weighted by Gasteiger charge is -2.16. The monoisotopic (exact) mass is 229 g/mol. The average Bonchev–Trinajstić information content (AvgIpc) is 2.71. The van der Waals surface area contributed by atoms with Crippen molar-refractivity contribution < 1.29 is 0 Å². The van der Waals surface area contributed by atoms with E-state index in [1.54, 1.807) is 0 Å². The maximum atomic E-state index is 8.84. The first-order valence-corrected chi connectivity index (χ1v) is 5.17. The summed E-state index contributed by atoms with van der Waals surface area (Å²) in [7, 11) is 0. The van der Waals surface area contributed by atoms with Gasteiger partial charge in [-0.3, -0.25) is 0 Å². The number of anilines is 1. The van der Waals surface area contributed by atoms with Crippen LogP contribution in [0.15, 0.2) is 11.4 Å². The van der Waals surface area contributed by atoms with Crippen LogP contribution in [0, 0.1) is 11.3 Å². The van der Waals surface area contributed by atoms with Gasteiger partial charge in [0.05, 0.1) is 5.69 Å². The van der Waals surface area contributed by atoms with Crippen molar-refractivity contribution in [2.24, 2.45) is 5.73 Å². The molecule has 2 heterocycles. The second kappa shape index (κ2) is 4.65. The number of hydrogen-bond acceptors (Lipinski definition) is 4. The van der Waals surface area contributed by atoms with Crippen LogP contribution in [-0.2, 0) is 0 Å². The van der Waals surface area contributed by atoms with E-state index in [4.69, 9.17) is 11.0 Å². The number of nitrogens with two attached hydrogens (primary N) is 1. The third kappa shape index (κ3) is 2.01. The average molecular weight is 230 g/mol. The van der Waals surface area contributed by atoms with Gasteiger partial charge in [-0.1, -0.05) is 0 Å². The van der Waals surface area contributed by atoms with E-state index in [9.17, 15) is 0 Å². The molecule has 1 aromatic rings. The Morgan fingerprint density at radius 1 is 1.64 bits per heavy atom. The second-order valence-corrected chi connectivity index (χ2v) is 4.16. The van der Waals surface area contributed by atoms with Gasteiger partial charge in [0.2, 0.25) is 0 Å². The van der Waals surface area contributed by atoms with Gasteiger partial charge in [-0.25, -0.2) is 0 Å². The molecule has 0 bridgehead atoms. The summed E-state index contributed by atoms with van der Waals surface area (Å²) in [5.74, 6) is 0. The molecule has 3 nitrogen and oxygen atoms in total. The Balaban J connectivity index is 0.000000980. The molecule has 1 saturated heterocycles. The van der Waals surface area contributed by atoms with E-state index in [0.717, 1.165) is 30.1 Å². The SMILES string of the molecule is Cl.N#Cc1sccc1N1CC[C@H](N)C1. The van der Waals surface area contributed by atoms with E-state index in [-0.39, 0.29) is 18.4 Å². The largest absolute Gasteiger partial charge is 0.368 e. The lowest BCUT2D eigenvalue weighted by atomic mass is 10.3. The molecule has 1 aliphatic heterocycles. The van der Waals surface area contributed by atoms with Crippen molar-refractivity contribution in [2.75, 3.05) is 18.0 Å². The molecule has 0 spiro atoms. The molecule has 0 saturated carbocycles. The summed E-state index contributed by atoms with van der Waals surface area (Å²) >= 11 is 1.49. The maximum Gasteiger partial charge on any atom is 0.128 e. The van der Waals surface area contributed by atoms with Crippen molar-refractivity contribution in [3.05, 3.63) is 16.3 Å². The smallest absolute Gasteiger partial charge is 0.128 e. The molecule has 0 aliphatic carbocycles.